The van der Waals surface area contributed by atoms with Gasteiger partial charge in [0, 0.05) is 11.3 Å². The molecule has 0 saturated heterocycles. The third-order valence-corrected chi connectivity index (χ3v) is 4.94. The lowest BCUT2D eigenvalue weighted by Gasteiger charge is -2.11. The van der Waals surface area contributed by atoms with Crippen LogP contribution in [0.15, 0.2) is 42.5 Å². The second-order valence-corrected chi connectivity index (χ2v) is 7.39. The van der Waals surface area contributed by atoms with E-state index < -0.39 is 6.04 Å². The minimum Gasteiger partial charge on any atom is -0.326 e. The number of hydrogen-bond acceptors (Lipinski definition) is 3. The Labute approximate surface area is 167 Å². The highest BCUT2D eigenvalue weighted by Crippen LogP contribution is 2.38. The number of fused-ring (bicyclic) bond motifs is 1. The lowest BCUT2D eigenvalue weighted by molar-refractivity contribution is -0.123. The average molecular weight is 392 g/mol. The topological polar surface area (TPSA) is 76.0 Å². The number of aromatic nitrogens is 2. The maximum Gasteiger partial charge on any atom is 0.251 e. The van der Waals surface area contributed by atoms with Crippen LogP contribution in [0.2, 0.25) is 0 Å². The molecule has 1 atom stereocenters. The van der Waals surface area contributed by atoms with E-state index in [0.29, 0.717) is 17.2 Å². The van der Waals surface area contributed by atoms with Crippen LogP contribution in [0.3, 0.4) is 0 Å². The summed E-state index contributed by atoms with van der Waals surface area (Å²) in [6.07, 6.45) is -0.0319. The Morgan fingerprint density at radius 2 is 1.79 bits per heavy atom. The van der Waals surface area contributed by atoms with Gasteiger partial charge < -0.3 is 10.6 Å². The molecular weight excluding hydrogens is 371 g/mol. The van der Waals surface area contributed by atoms with Crippen LogP contribution in [-0.2, 0) is 9.59 Å². The van der Waals surface area contributed by atoms with Crippen LogP contribution in [0.4, 0.5) is 15.9 Å². The van der Waals surface area contributed by atoms with Crippen molar-refractivity contribution in [2.75, 3.05) is 10.6 Å². The number of nitrogens with one attached hydrogen (secondary N) is 2. The molecule has 3 aromatic rings. The minimum absolute atomic E-state index is 0.0319. The van der Waals surface area contributed by atoms with E-state index >= 15 is 0 Å². The first-order valence-electron chi connectivity index (χ1n) is 9.36. The molecule has 0 radical (unpaired) electrons. The number of halogens is 1. The highest BCUT2D eigenvalue weighted by molar-refractivity contribution is 6.04. The van der Waals surface area contributed by atoms with Crippen molar-refractivity contribution in [3.8, 4) is 11.1 Å². The molecule has 1 unspecified atom stereocenters. The van der Waals surface area contributed by atoms with Crippen molar-refractivity contribution in [3.63, 3.8) is 0 Å². The van der Waals surface area contributed by atoms with Gasteiger partial charge in [-0.2, -0.15) is 5.10 Å². The normalized spacial score (nSPS) is 15.2. The van der Waals surface area contributed by atoms with Gasteiger partial charge in [-0.15, -0.1) is 0 Å². The predicted octanol–water partition coefficient (Wildman–Crippen LogP) is 4.14. The summed E-state index contributed by atoms with van der Waals surface area (Å²) in [4.78, 5) is 25.1. The summed E-state index contributed by atoms with van der Waals surface area (Å²) in [5.74, 6) is -0.352. The smallest absolute Gasteiger partial charge is 0.251 e. The number of amides is 2. The summed E-state index contributed by atoms with van der Waals surface area (Å²) in [7, 11) is 0. The highest BCUT2D eigenvalue weighted by atomic mass is 19.1. The quantitative estimate of drug-likeness (QED) is 0.701. The summed E-state index contributed by atoms with van der Waals surface area (Å²) in [6, 6.07) is 11.1. The molecule has 6 nitrogen and oxygen atoms in total. The molecule has 0 saturated carbocycles. The average Bonchev–Trinajstić information content (AvgIpc) is 3.09. The van der Waals surface area contributed by atoms with Crippen molar-refractivity contribution >= 4 is 23.3 Å². The second kappa shape index (κ2) is 7.16. The van der Waals surface area contributed by atoms with Gasteiger partial charge in [-0.3, -0.25) is 9.59 Å². The summed E-state index contributed by atoms with van der Waals surface area (Å²) in [5.41, 5.74) is 4.99. The lowest BCUT2D eigenvalue weighted by atomic mass is 10.1. The zero-order valence-corrected chi connectivity index (χ0v) is 16.4. The van der Waals surface area contributed by atoms with E-state index in [1.807, 2.05) is 39.0 Å². The molecule has 2 heterocycles. The van der Waals surface area contributed by atoms with Crippen molar-refractivity contribution in [3.05, 3.63) is 65.1 Å². The number of anilines is 2. The van der Waals surface area contributed by atoms with E-state index in [0.717, 1.165) is 22.3 Å². The van der Waals surface area contributed by atoms with Crippen LogP contribution in [-0.4, -0.2) is 21.6 Å². The molecule has 0 bridgehead atoms. The molecular formula is C22H21FN4O2. The molecule has 0 spiro atoms. The number of benzene rings is 2. The number of nitrogens with zero attached hydrogens (tertiary/aromatic N) is 2. The summed E-state index contributed by atoms with van der Waals surface area (Å²) >= 11 is 0. The van der Waals surface area contributed by atoms with Gasteiger partial charge >= 0.3 is 0 Å². The molecule has 148 valence electrons. The van der Waals surface area contributed by atoms with Gasteiger partial charge in [-0.05, 0) is 61.7 Å². The summed E-state index contributed by atoms with van der Waals surface area (Å²) in [6.45, 7) is 5.74. The fraction of sp³-hybridized carbons (Fsp3) is 0.227. The maximum atomic E-state index is 13.3. The number of hydrogen-bond donors (Lipinski definition) is 2. The zero-order valence-electron chi connectivity index (χ0n) is 16.4. The molecule has 7 heteroatoms. The van der Waals surface area contributed by atoms with Crippen LogP contribution < -0.4 is 10.6 Å². The Morgan fingerprint density at radius 1 is 1.14 bits per heavy atom. The Hall–Kier alpha value is -3.48. The van der Waals surface area contributed by atoms with Gasteiger partial charge in [0.25, 0.3) is 5.91 Å². The van der Waals surface area contributed by atoms with E-state index in [-0.39, 0.29) is 24.1 Å². The van der Waals surface area contributed by atoms with Crippen molar-refractivity contribution < 1.29 is 14.0 Å². The Balaban J connectivity index is 1.58. The third kappa shape index (κ3) is 3.63. The Bertz CT molecular complexity index is 1100. The first-order chi connectivity index (χ1) is 13.8. The monoisotopic (exact) mass is 392 g/mol. The number of rotatable bonds is 4. The van der Waals surface area contributed by atoms with Gasteiger partial charge in [0.05, 0.1) is 12.1 Å². The van der Waals surface area contributed by atoms with E-state index in [4.69, 9.17) is 0 Å². The van der Waals surface area contributed by atoms with Crippen molar-refractivity contribution in [1.29, 1.82) is 0 Å². The van der Waals surface area contributed by atoms with Gasteiger partial charge in [0.15, 0.2) is 0 Å². The van der Waals surface area contributed by atoms with Crippen LogP contribution in [0.25, 0.3) is 11.1 Å². The van der Waals surface area contributed by atoms with Gasteiger partial charge in [-0.25, -0.2) is 9.07 Å². The highest BCUT2D eigenvalue weighted by Gasteiger charge is 2.36. The van der Waals surface area contributed by atoms with Gasteiger partial charge in [-0.1, -0.05) is 18.2 Å². The standard InChI is InChI=1S/C22H21FN4O2/c1-12-8-13(2)10-17(9-12)24-19(28)11-18-22(29)25-21-20(14(3)26-27(18)21)15-4-6-16(23)7-5-15/h4-10,18H,11H2,1-3H3,(H,24,28)(H,25,29). The fourth-order valence-corrected chi connectivity index (χ4v) is 3.78. The SMILES string of the molecule is Cc1cc(C)cc(NC(=O)CC2C(=O)Nc3c(-c4ccc(F)cc4)c(C)nn32)c1. The minimum atomic E-state index is -0.733. The second-order valence-electron chi connectivity index (χ2n) is 7.39. The van der Waals surface area contributed by atoms with Crippen LogP contribution >= 0.6 is 0 Å². The van der Waals surface area contributed by atoms with E-state index in [2.05, 4.69) is 15.7 Å². The van der Waals surface area contributed by atoms with E-state index in [1.54, 1.807) is 16.8 Å². The molecule has 1 aromatic heterocycles. The summed E-state index contributed by atoms with van der Waals surface area (Å²) in [5, 5.41) is 10.2. The van der Waals surface area contributed by atoms with Crippen LogP contribution in [0.1, 0.15) is 29.3 Å². The van der Waals surface area contributed by atoms with Crippen molar-refractivity contribution in [2.24, 2.45) is 0 Å². The molecule has 29 heavy (non-hydrogen) atoms. The molecule has 2 N–H and O–H groups in total. The lowest BCUT2D eigenvalue weighted by Crippen LogP contribution is -2.23. The van der Waals surface area contributed by atoms with Crippen molar-refractivity contribution in [2.45, 2.75) is 33.2 Å². The maximum absolute atomic E-state index is 13.3. The Morgan fingerprint density at radius 3 is 2.45 bits per heavy atom. The number of carbonyl (C=O) groups is 2. The van der Waals surface area contributed by atoms with E-state index in [9.17, 15) is 14.0 Å². The first-order valence-corrected chi connectivity index (χ1v) is 9.36. The Kier molecular flexibility index (Phi) is 4.66. The predicted molar refractivity (Wildman–Crippen MR) is 109 cm³/mol. The molecule has 2 aromatic carbocycles. The molecule has 4 rings (SSSR count). The fourth-order valence-electron chi connectivity index (χ4n) is 3.78. The number of carbonyl (C=O) groups excluding carboxylic acids is 2. The molecule has 0 aliphatic carbocycles. The first kappa shape index (κ1) is 18.9. The molecule has 0 fully saturated rings. The largest absolute Gasteiger partial charge is 0.326 e. The third-order valence-electron chi connectivity index (χ3n) is 4.94. The van der Waals surface area contributed by atoms with Gasteiger partial charge in [0.2, 0.25) is 5.91 Å². The summed E-state index contributed by atoms with van der Waals surface area (Å²) < 4.78 is 14.8. The zero-order chi connectivity index (χ0) is 20.7. The number of aryl methyl sites for hydroxylation is 3. The van der Waals surface area contributed by atoms with Crippen LogP contribution in [0, 0.1) is 26.6 Å². The van der Waals surface area contributed by atoms with Gasteiger partial charge in [0.1, 0.15) is 17.7 Å². The molecule has 2 amide bonds. The molecule has 1 aliphatic rings. The van der Waals surface area contributed by atoms with Crippen molar-refractivity contribution in [1.82, 2.24) is 9.78 Å². The van der Waals surface area contributed by atoms with Crippen LogP contribution in [0.5, 0.6) is 0 Å². The van der Waals surface area contributed by atoms with E-state index in [1.165, 1.54) is 12.1 Å². The molecule has 1 aliphatic heterocycles.